The Morgan fingerprint density at radius 1 is 1.37 bits per heavy atom. The van der Waals surface area contributed by atoms with Crippen LogP contribution in [0.15, 0.2) is 24.3 Å². The average molecular weight is 266 g/mol. The molecule has 1 aromatic rings. The van der Waals surface area contributed by atoms with Gasteiger partial charge in [0.2, 0.25) is 0 Å². The second-order valence-electron chi connectivity index (χ2n) is 4.97. The van der Waals surface area contributed by atoms with Crippen molar-refractivity contribution >= 4 is 6.09 Å². The monoisotopic (exact) mass is 266 g/mol. The molecule has 1 fully saturated rings. The summed E-state index contributed by atoms with van der Waals surface area (Å²) in [6.07, 6.45) is 1.30. The molecule has 2 N–H and O–H groups in total. The molecule has 0 heterocycles. The van der Waals surface area contributed by atoms with Gasteiger partial charge in [-0.25, -0.2) is 9.18 Å². The lowest BCUT2D eigenvalue weighted by Gasteiger charge is -2.30. The van der Waals surface area contributed by atoms with Crippen LogP contribution in [-0.4, -0.2) is 37.2 Å². The summed E-state index contributed by atoms with van der Waals surface area (Å²) in [7, 11) is 3.08. The molecule has 1 unspecified atom stereocenters. The molecule has 0 saturated heterocycles. The molecule has 1 aliphatic carbocycles. The van der Waals surface area contributed by atoms with Gasteiger partial charge in [-0.2, -0.15) is 0 Å². The Kier molecular flexibility index (Phi) is 4.04. The highest BCUT2D eigenvalue weighted by atomic mass is 19.1. The third-order valence-electron chi connectivity index (χ3n) is 3.89. The largest absolute Gasteiger partial charge is 0.453 e. The molecule has 3 atom stereocenters. The van der Waals surface area contributed by atoms with E-state index in [-0.39, 0.29) is 29.9 Å². The molecular formula is C14H19FN2O2. The van der Waals surface area contributed by atoms with E-state index in [4.69, 9.17) is 10.5 Å². The minimum atomic E-state index is -0.369. The summed E-state index contributed by atoms with van der Waals surface area (Å²) in [5.41, 5.74) is 7.11. The average Bonchev–Trinajstić information content (AvgIpc) is 2.80. The fraction of sp³-hybridized carbons (Fsp3) is 0.500. The summed E-state index contributed by atoms with van der Waals surface area (Å²) in [6, 6.07) is 6.30. The highest BCUT2D eigenvalue weighted by Crippen LogP contribution is 2.36. The van der Waals surface area contributed by atoms with Gasteiger partial charge in [0.1, 0.15) is 5.82 Å². The standard InChI is InChI=1S/C14H19FN2O2/c1-17(14(18)19-2)12-8-7-11(16)13(12)9-3-5-10(15)6-4-9/h3-6,11-13H,7-8,16H2,1-2H3/t11?,12-,13-/m0/s1. The van der Waals surface area contributed by atoms with Crippen LogP contribution >= 0.6 is 0 Å². The zero-order valence-corrected chi connectivity index (χ0v) is 11.2. The molecule has 0 spiro atoms. The highest BCUT2D eigenvalue weighted by molar-refractivity contribution is 5.67. The van der Waals surface area contributed by atoms with Gasteiger partial charge in [0.05, 0.1) is 7.11 Å². The number of nitrogens with two attached hydrogens (primary N) is 1. The molecule has 1 aromatic carbocycles. The minimum absolute atomic E-state index is 0.00656. The number of rotatable bonds is 2. The first-order valence-electron chi connectivity index (χ1n) is 6.36. The van der Waals surface area contributed by atoms with E-state index in [1.807, 2.05) is 0 Å². The maximum Gasteiger partial charge on any atom is 0.409 e. The maximum absolute atomic E-state index is 13.0. The second-order valence-corrected chi connectivity index (χ2v) is 4.97. The van der Waals surface area contributed by atoms with Gasteiger partial charge in [0.25, 0.3) is 0 Å². The Morgan fingerprint density at radius 3 is 2.58 bits per heavy atom. The van der Waals surface area contributed by atoms with Crippen LogP contribution in [0.1, 0.15) is 24.3 Å². The Hall–Kier alpha value is -1.62. The molecule has 0 radical (unpaired) electrons. The Bertz CT molecular complexity index is 449. The van der Waals surface area contributed by atoms with Gasteiger partial charge in [-0.1, -0.05) is 12.1 Å². The van der Waals surface area contributed by atoms with Crippen LogP contribution in [0, 0.1) is 5.82 Å². The number of carbonyl (C=O) groups excluding carboxylic acids is 1. The van der Waals surface area contributed by atoms with Crippen LogP contribution < -0.4 is 5.73 Å². The lowest BCUT2D eigenvalue weighted by molar-refractivity contribution is 0.114. The molecule has 1 amide bonds. The number of nitrogens with zero attached hydrogens (tertiary/aromatic N) is 1. The van der Waals surface area contributed by atoms with E-state index in [2.05, 4.69) is 0 Å². The second kappa shape index (κ2) is 5.57. The number of hydrogen-bond acceptors (Lipinski definition) is 3. The summed E-state index contributed by atoms with van der Waals surface area (Å²) in [5, 5.41) is 0. The fourth-order valence-corrected chi connectivity index (χ4v) is 2.88. The Balaban J connectivity index is 2.24. The molecule has 5 heteroatoms. The van der Waals surface area contributed by atoms with Crippen molar-refractivity contribution in [3.63, 3.8) is 0 Å². The van der Waals surface area contributed by atoms with Crippen LogP contribution in [0.4, 0.5) is 9.18 Å². The first-order valence-corrected chi connectivity index (χ1v) is 6.36. The smallest absolute Gasteiger partial charge is 0.409 e. The normalized spacial score (nSPS) is 26.2. The molecule has 2 rings (SSSR count). The summed E-state index contributed by atoms with van der Waals surface area (Å²) in [4.78, 5) is 13.2. The molecule has 0 aliphatic heterocycles. The molecular weight excluding hydrogens is 247 g/mol. The quantitative estimate of drug-likeness (QED) is 0.891. The summed E-state index contributed by atoms with van der Waals surface area (Å²) >= 11 is 0. The first-order chi connectivity index (χ1) is 9.04. The Labute approximate surface area is 112 Å². The van der Waals surface area contributed by atoms with Crippen LogP contribution in [0.2, 0.25) is 0 Å². The van der Waals surface area contributed by atoms with Gasteiger partial charge in [-0.15, -0.1) is 0 Å². The third-order valence-corrected chi connectivity index (χ3v) is 3.89. The van der Waals surface area contributed by atoms with Gasteiger partial charge in [-0.05, 0) is 30.5 Å². The summed E-state index contributed by atoms with van der Waals surface area (Å²) in [6.45, 7) is 0. The number of ether oxygens (including phenoxy) is 1. The molecule has 19 heavy (non-hydrogen) atoms. The van der Waals surface area contributed by atoms with Crippen molar-refractivity contribution in [1.29, 1.82) is 0 Å². The number of carbonyl (C=O) groups is 1. The third kappa shape index (κ3) is 2.71. The van der Waals surface area contributed by atoms with Gasteiger partial charge in [-0.3, -0.25) is 0 Å². The minimum Gasteiger partial charge on any atom is -0.453 e. The lowest BCUT2D eigenvalue weighted by atomic mass is 9.91. The first kappa shape index (κ1) is 13.8. The number of amides is 1. The van der Waals surface area contributed by atoms with E-state index in [1.165, 1.54) is 19.2 Å². The maximum atomic E-state index is 13.0. The van der Waals surface area contributed by atoms with E-state index < -0.39 is 0 Å². The fourth-order valence-electron chi connectivity index (χ4n) is 2.88. The number of benzene rings is 1. The topological polar surface area (TPSA) is 55.6 Å². The van der Waals surface area contributed by atoms with Crippen molar-refractivity contribution < 1.29 is 13.9 Å². The van der Waals surface area contributed by atoms with Crippen LogP contribution in [0.5, 0.6) is 0 Å². The van der Waals surface area contributed by atoms with Crippen molar-refractivity contribution in [1.82, 2.24) is 4.90 Å². The highest BCUT2D eigenvalue weighted by Gasteiger charge is 2.39. The number of likely N-dealkylation sites (N-methyl/N-ethyl adjacent to an activating group) is 1. The molecule has 1 aliphatic rings. The van der Waals surface area contributed by atoms with Crippen molar-refractivity contribution in [2.75, 3.05) is 14.2 Å². The predicted molar refractivity (Wildman–Crippen MR) is 70.3 cm³/mol. The number of halogens is 1. The van der Waals surface area contributed by atoms with Gasteiger partial charge < -0.3 is 15.4 Å². The SMILES string of the molecule is COC(=O)N(C)[C@H]1CCC(N)[C@@H]1c1ccc(F)cc1. The van der Waals surface area contributed by atoms with Crippen LogP contribution in [0.3, 0.4) is 0 Å². The summed E-state index contributed by atoms with van der Waals surface area (Å²) in [5.74, 6) is -0.252. The predicted octanol–water partition coefficient (Wildman–Crippen LogP) is 2.10. The van der Waals surface area contributed by atoms with Crippen LogP contribution in [-0.2, 0) is 4.74 Å². The van der Waals surface area contributed by atoms with Crippen molar-refractivity contribution in [2.45, 2.75) is 30.8 Å². The van der Waals surface area contributed by atoms with Gasteiger partial charge in [0, 0.05) is 25.0 Å². The van der Waals surface area contributed by atoms with Crippen molar-refractivity contribution in [2.24, 2.45) is 5.73 Å². The summed E-state index contributed by atoms with van der Waals surface area (Å²) < 4.78 is 17.7. The molecule has 0 bridgehead atoms. The molecule has 1 saturated carbocycles. The number of methoxy groups -OCH3 is 1. The lowest BCUT2D eigenvalue weighted by Crippen LogP contribution is -2.41. The van der Waals surface area contributed by atoms with E-state index >= 15 is 0 Å². The molecule has 4 nitrogen and oxygen atoms in total. The van der Waals surface area contributed by atoms with Crippen LogP contribution in [0.25, 0.3) is 0 Å². The van der Waals surface area contributed by atoms with E-state index in [1.54, 1.807) is 24.1 Å². The van der Waals surface area contributed by atoms with Crippen molar-refractivity contribution in [3.05, 3.63) is 35.6 Å². The zero-order valence-electron chi connectivity index (χ0n) is 11.2. The van der Waals surface area contributed by atoms with Crippen molar-refractivity contribution in [3.8, 4) is 0 Å². The number of hydrogen-bond donors (Lipinski definition) is 1. The Morgan fingerprint density at radius 2 is 2.00 bits per heavy atom. The van der Waals surface area contributed by atoms with Gasteiger partial charge >= 0.3 is 6.09 Å². The molecule has 104 valence electrons. The zero-order chi connectivity index (χ0) is 14.0. The van der Waals surface area contributed by atoms with E-state index in [0.29, 0.717) is 0 Å². The van der Waals surface area contributed by atoms with E-state index in [0.717, 1.165) is 18.4 Å². The van der Waals surface area contributed by atoms with E-state index in [9.17, 15) is 9.18 Å². The van der Waals surface area contributed by atoms with Gasteiger partial charge in [0.15, 0.2) is 0 Å². The molecule has 0 aromatic heterocycles.